The normalized spacial score (nSPS) is 12.4. The van der Waals surface area contributed by atoms with Crippen LogP contribution in [0.1, 0.15) is 38.8 Å². The van der Waals surface area contributed by atoms with Gasteiger partial charge in [-0.05, 0) is 57.5 Å². The van der Waals surface area contributed by atoms with E-state index in [1.54, 1.807) is 13.0 Å². The zero-order valence-electron chi connectivity index (χ0n) is 16.9. The number of hydrogen-bond donors (Lipinski definition) is 1. The summed E-state index contributed by atoms with van der Waals surface area (Å²) in [6.45, 7) is 7.49. The van der Waals surface area contributed by atoms with Crippen molar-refractivity contribution in [1.29, 1.82) is 0 Å². The summed E-state index contributed by atoms with van der Waals surface area (Å²) in [4.78, 5) is 27.3. The molecule has 29 heavy (non-hydrogen) atoms. The van der Waals surface area contributed by atoms with Crippen LogP contribution >= 0.6 is 27.5 Å². The van der Waals surface area contributed by atoms with Gasteiger partial charge in [-0.15, -0.1) is 0 Å². The van der Waals surface area contributed by atoms with Crippen molar-refractivity contribution in [2.24, 2.45) is 0 Å². The maximum Gasteiger partial charge on any atom is 0.242 e. The minimum atomic E-state index is -0.744. The molecule has 0 radical (unpaired) electrons. The molecule has 0 heterocycles. The van der Waals surface area contributed by atoms with Crippen LogP contribution < -0.4 is 5.32 Å². The Morgan fingerprint density at radius 3 is 2.45 bits per heavy atom. The Kier molecular flexibility index (Phi) is 7.83. The Hall–Kier alpha value is -1.92. The first-order valence-corrected chi connectivity index (χ1v) is 10.4. The summed E-state index contributed by atoms with van der Waals surface area (Å²) in [5.41, 5.74) is 0.537. The largest absolute Gasteiger partial charge is 0.350 e. The monoisotopic (exact) mass is 482 g/mol. The van der Waals surface area contributed by atoms with Crippen molar-refractivity contribution < 1.29 is 14.0 Å². The molecule has 1 unspecified atom stereocenters. The smallest absolute Gasteiger partial charge is 0.242 e. The highest BCUT2D eigenvalue weighted by atomic mass is 79.9. The van der Waals surface area contributed by atoms with Crippen LogP contribution in [0.25, 0.3) is 0 Å². The SMILES string of the molecule is CC(C(=O)NC(C)(C)C)N(Cc1cccc(Br)c1)C(=O)Cc1c(F)cccc1Cl. The lowest BCUT2D eigenvalue weighted by atomic mass is 10.1. The highest BCUT2D eigenvalue weighted by Gasteiger charge is 2.29. The number of nitrogens with one attached hydrogen (secondary N) is 1. The van der Waals surface area contributed by atoms with Crippen LogP contribution in [0.3, 0.4) is 0 Å². The van der Waals surface area contributed by atoms with E-state index in [1.807, 2.05) is 45.0 Å². The molecule has 1 atom stereocenters. The van der Waals surface area contributed by atoms with Crippen LogP contribution in [-0.2, 0) is 22.6 Å². The lowest BCUT2D eigenvalue weighted by Gasteiger charge is -2.31. The third-order valence-corrected chi connectivity index (χ3v) is 5.14. The van der Waals surface area contributed by atoms with Gasteiger partial charge in [0.2, 0.25) is 11.8 Å². The van der Waals surface area contributed by atoms with E-state index < -0.39 is 17.4 Å². The molecule has 2 amide bonds. The molecule has 0 aliphatic carbocycles. The lowest BCUT2D eigenvalue weighted by Crippen LogP contribution is -2.52. The molecule has 0 fully saturated rings. The van der Waals surface area contributed by atoms with Crippen molar-refractivity contribution in [3.8, 4) is 0 Å². The quantitative estimate of drug-likeness (QED) is 0.620. The first-order chi connectivity index (χ1) is 13.5. The second-order valence-corrected chi connectivity index (χ2v) is 9.27. The van der Waals surface area contributed by atoms with Gasteiger partial charge < -0.3 is 10.2 Å². The fraction of sp³-hybridized carbons (Fsp3) is 0.364. The van der Waals surface area contributed by atoms with E-state index >= 15 is 0 Å². The summed E-state index contributed by atoms with van der Waals surface area (Å²) < 4.78 is 15.1. The summed E-state index contributed by atoms with van der Waals surface area (Å²) >= 11 is 9.51. The molecular weight excluding hydrogens is 459 g/mol. The highest BCUT2D eigenvalue weighted by Crippen LogP contribution is 2.22. The molecule has 2 aromatic rings. The third kappa shape index (κ3) is 6.82. The van der Waals surface area contributed by atoms with Crippen molar-refractivity contribution in [3.05, 3.63) is 68.9 Å². The average molecular weight is 484 g/mol. The van der Waals surface area contributed by atoms with Gasteiger partial charge in [-0.3, -0.25) is 9.59 Å². The maximum atomic E-state index is 14.2. The molecule has 2 aromatic carbocycles. The Morgan fingerprint density at radius 1 is 1.21 bits per heavy atom. The van der Waals surface area contributed by atoms with Gasteiger partial charge in [0.15, 0.2) is 0 Å². The summed E-state index contributed by atoms with van der Waals surface area (Å²) in [7, 11) is 0. The fourth-order valence-electron chi connectivity index (χ4n) is 2.84. The highest BCUT2D eigenvalue weighted by molar-refractivity contribution is 9.10. The van der Waals surface area contributed by atoms with Crippen LogP contribution in [0.5, 0.6) is 0 Å². The molecule has 0 aliphatic heterocycles. The van der Waals surface area contributed by atoms with E-state index in [0.717, 1.165) is 10.0 Å². The van der Waals surface area contributed by atoms with Gasteiger partial charge in [0.1, 0.15) is 11.9 Å². The van der Waals surface area contributed by atoms with Crippen molar-refractivity contribution >= 4 is 39.3 Å². The predicted molar refractivity (Wildman–Crippen MR) is 117 cm³/mol. The summed E-state index contributed by atoms with van der Waals surface area (Å²) in [6.07, 6.45) is -0.230. The molecule has 0 bridgehead atoms. The first kappa shape index (κ1) is 23.4. The lowest BCUT2D eigenvalue weighted by molar-refractivity contribution is -0.140. The molecule has 1 N–H and O–H groups in total. The minimum absolute atomic E-state index is 0.127. The molecule has 156 valence electrons. The van der Waals surface area contributed by atoms with Gasteiger partial charge in [-0.1, -0.05) is 45.7 Å². The van der Waals surface area contributed by atoms with Gasteiger partial charge in [-0.25, -0.2) is 4.39 Å². The first-order valence-electron chi connectivity index (χ1n) is 9.27. The van der Waals surface area contributed by atoms with Crippen LogP contribution in [0.15, 0.2) is 46.9 Å². The van der Waals surface area contributed by atoms with Gasteiger partial charge >= 0.3 is 0 Å². The number of nitrogens with zero attached hydrogens (tertiary/aromatic N) is 1. The van der Waals surface area contributed by atoms with E-state index in [1.165, 1.54) is 17.0 Å². The second kappa shape index (κ2) is 9.72. The molecule has 7 heteroatoms. The van der Waals surface area contributed by atoms with E-state index in [9.17, 15) is 14.0 Å². The molecule has 0 spiro atoms. The van der Waals surface area contributed by atoms with Crippen molar-refractivity contribution in [3.63, 3.8) is 0 Å². The van der Waals surface area contributed by atoms with Crippen LogP contribution in [0, 0.1) is 5.82 Å². The Labute approximate surface area is 184 Å². The van der Waals surface area contributed by atoms with Crippen molar-refractivity contribution in [1.82, 2.24) is 10.2 Å². The number of rotatable bonds is 6. The Balaban J connectivity index is 2.32. The number of amides is 2. The molecular formula is C22H25BrClFN2O2. The molecule has 0 aliphatic rings. The number of benzene rings is 2. The third-order valence-electron chi connectivity index (χ3n) is 4.30. The Morgan fingerprint density at radius 2 is 1.86 bits per heavy atom. The Bertz CT molecular complexity index is 878. The summed E-state index contributed by atoms with van der Waals surface area (Å²) in [5, 5.41) is 3.08. The van der Waals surface area contributed by atoms with Gasteiger partial charge in [-0.2, -0.15) is 0 Å². The van der Waals surface area contributed by atoms with E-state index in [-0.39, 0.29) is 35.4 Å². The fourth-order valence-corrected chi connectivity index (χ4v) is 3.52. The molecule has 2 rings (SSSR count). The second-order valence-electron chi connectivity index (χ2n) is 7.94. The van der Waals surface area contributed by atoms with E-state index in [4.69, 9.17) is 11.6 Å². The zero-order valence-corrected chi connectivity index (χ0v) is 19.3. The van der Waals surface area contributed by atoms with Crippen LogP contribution in [0.4, 0.5) is 4.39 Å². The van der Waals surface area contributed by atoms with Crippen LogP contribution in [0.2, 0.25) is 5.02 Å². The topological polar surface area (TPSA) is 49.4 Å². The van der Waals surface area contributed by atoms with E-state index in [2.05, 4.69) is 21.2 Å². The van der Waals surface area contributed by atoms with Gasteiger partial charge in [0, 0.05) is 27.1 Å². The number of carbonyl (C=O) groups is 2. The molecule has 0 saturated heterocycles. The summed E-state index contributed by atoms with van der Waals surface area (Å²) in [5.74, 6) is -1.20. The number of halogens is 3. The molecule has 4 nitrogen and oxygen atoms in total. The standard InChI is InChI=1S/C22H25BrClFN2O2/c1-14(21(29)26-22(2,3)4)27(13-15-7-5-8-16(23)11-15)20(28)12-17-18(24)9-6-10-19(17)25/h5-11,14H,12-13H2,1-4H3,(H,26,29). The maximum absolute atomic E-state index is 14.2. The van der Waals surface area contributed by atoms with Crippen molar-refractivity contribution in [2.45, 2.75) is 52.2 Å². The van der Waals surface area contributed by atoms with Crippen molar-refractivity contribution in [2.75, 3.05) is 0 Å². The predicted octanol–water partition coefficient (Wildman–Crippen LogP) is 5.12. The number of carbonyl (C=O) groups excluding carboxylic acids is 2. The van der Waals surface area contributed by atoms with Gasteiger partial charge in [0.05, 0.1) is 6.42 Å². The zero-order chi connectivity index (χ0) is 21.8. The molecule has 0 saturated carbocycles. The van der Waals surface area contributed by atoms with E-state index in [0.29, 0.717) is 0 Å². The van der Waals surface area contributed by atoms with Crippen LogP contribution in [-0.4, -0.2) is 28.3 Å². The summed E-state index contributed by atoms with van der Waals surface area (Å²) in [6, 6.07) is 11.0. The van der Waals surface area contributed by atoms with Gasteiger partial charge in [0.25, 0.3) is 0 Å². The molecule has 0 aromatic heterocycles. The average Bonchev–Trinajstić information content (AvgIpc) is 2.61. The number of hydrogen-bond acceptors (Lipinski definition) is 2. The minimum Gasteiger partial charge on any atom is -0.350 e.